The summed E-state index contributed by atoms with van der Waals surface area (Å²) in [5, 5.41) is 3.23. The summed E-state index contributed by atoms with van der Waals surface area (Å²) in [6.45, 7) is 1.76. The molecule has 1 saturated heterocycles. The second-order valence-corrected chi connectivity index (χ2v) is 5.28. The first-order valence-corrected chi connectivity index (χ1v) is 6.00. The van der Waals surface area contributed by atoms with Crippen molar-refractivity contribution in [2.24, 2.45) is 5.41 Å². The highest BCUT2D eigenvalue weighted by molar-refractivity contribution is 5.35. The van der Waals surface area contributed by atoms with E-state index in [0.717, 1.165) is 32.0 Å². The Morgan fingerprint density at radius 2 is 2.06 bits per heavy atom. The van der Waals surface area contributed by atoms with Gasteiger partial charge in [0, 0.05) is 6.54 Å². The SMILES string of the molecule is Fc1cc(C(F)(F)F)ccc1[C@H]1CC12CCNC2. The fraction of sp³-hybridized carbons (Fsp3) is 0.538. The zero-order valence-electron chi connectivity index (χ0n) is 9.65. The minimum absolute atomic E-state index is 0.0785. The molecule has 5 heteroatoms. The number of benzene rings is 1. The van der Waals surface area contributed by atoms with Crippen LogP contribution in [-0.4, -0.2) is 13.1 Å². The first-order chi connectivity index (χ1) is 8.42. The summed E-state index contributed by atoms with van der Waals surface area (Å²) in [4.78, 5) is 0. The molecule has 1 N–H and O–H groups in total. The van der Waals surface area contributed by atoms with E-state index in [2.05, 4.69) is 5.32 Å². The van der Waals surface area contributed by atoms with Gasteiger partial charge in [0.15, 0.2) is 0 Å². The van der Waals surface area contributed by atoms with Gasteiger partial charge in [-0.1, -0.05) is 6.07 Å². The van der Waals surface area contributed by atoms with Crippen molar-refractivity contribution < 1.29 is 17.6 Å². The highest BCUT2D eigenvalue weighted by Crippen LogP contribution is 2.63. The van der Waals surface area contributed by atoms with Crippen LogP contribution in [0.15, 0.2) is 18.2 Å². The number of rotatable bonds is 1. The largest absolute Gasteiger partial charge is 0.416 e. The molecule has 2 fully saturated rings. The van der Waals surface area contributed by atoms with Crippen molar-refractivity contribution in [2.75, 3.05) is 13.1 Å². The van der Waals surface area contributed by atoms with E-state index in [9.17, 15) is 17.6 Å². The lowest BCUT2D eigenvalue weighted by Crippen LogP contribution is -2.11. The maximum atomic E-state index is 13.8. The number of alkyl halides is 3. The molecule has 1 aliphatic carbocycles. The second kappa shape index (κ2) is 3.70. The molecule has 98 valence electrons. The van der Waals surface area contributed by atoms with Gasteiger partial charge in [-0.15, -0.1) is 0 Å². The molecule has 3 rings (SSSR count). The van der Waals surface area contributed by atoms with Gasteiger partial charge in [-0.2, -0.15) is 13.2 Å². The minimum atomic E-state index is -4.48. The van der Waals surface area contributed by atoms with Crippen molar-refractivity contribution in [1.82, 2.24) is 5.32 Å². The first kappa shape index (κ1) is 12.0. The molecule has 0 radical (unpaired) electrons. The Kier molecular flexibility index (Phi) is 2.46. The van der Waals surface area contributed by atoms with Gasteiger partial charge >= 0.3 is 6.18 Å². The van der Waals surface area contributed by atoms with Crippen LogP contribution in [0.1, 0.15) is 29.9 Å². The normalized spacial score (nSPS) is 31.0. The van der Waals surface area contributed by atoms with Crippen LogP contribution < -0.4 is 5.32 Å². The monoisotopic (exact) mass is 259 g/mol. The van der Waals surface area contributed by atoms with Crippen molar-refractivity contribution >= 4 is 0 Å². The Hall–Kier alpha value is -1.10. The highest BCUT2D eigenvalue weighted by atomic mass is 19.4. The molecule has 2 atom stereocenters. The van der Waals surface area contributed by atoms with Gasteiger partial charge in [-0.25, -0.2) is 4.39 Å². The summed E-state index contributed by atoms with van der Waals surface area (Å²) in [5.41, 5.74) is -0.379. The third-order valence-corrected chi connectivity index (χ3v) is 4.17. The van der Waals surface area contributed by atoms with Crippen LogP contribution in [-0.2, 0) is 6.18 Å². The predicted octanol–water partition coefficient (Wildman–Crippen LogP) is 3.31. The zero-order chi connectivity index (χ0) is 13.0. The van der Waals surface area contributed by atoms with E-state index >= 15 is 0 Å². The molecule has 1 saturated carbocycles. The summed E-state index contributed by atoms with van der Waals surface area (Å²) in [6.07, 6.45) is -2.62. The van der Waals surface area contributed by atoms with Gasteiger partial charge in [-0.05, 0) is 48.4 Å². The smallest absolute Gasteiger partial charge is 0.316 e. The van der Waals surface area contributed by atoms with E-state index in [1.54, 1.807) is 0 Å². The topological polar surface area (TPSA) is 12.0 Å². The molecule has 0 amide bonds. The Morgan fingerprint density at radius 1 is 1.28 bits per heavy atom. The molecule has 1 unspecified atom stereocenters. The standard InChI is InChI=1S/C13H13F4N/c14-11-5-8(13(15,16)17)1-2-9(11)10-6-12(10)3-4-18-7-12/h1-2,5,10,18H,3-4,6-7H2/t10-,12?/m1/s1. The Bertz CT molecular complexity index is 474. The fourth-order valence-corrected chi connectivity index (χ4v) is 3.01. The molecular formula is C13H13F4N. The lowest BCUT2D eigenvalue weighted by Gasteiger charge is -2.11. The molecular weight excluding hydrogens is 246 g/mol. The first-order valence-electron chi connectivity index (χ1n) is 6.00. The van der Waals surface area contributed by atoms with Gasteiger partial charge in [-0.3, -0.25) is 0 Å². The average molecular weight is 259 g/mol. The van der Waals surface area contributed by atoms with Crippen LogP contribution in [0.25, 0.3) is 0 Å². The van der Waals surface area contributed by atoms with Crippen LogP contribution in [0.3, 0.4) is 0 Å². The molecule has 1 aliphatic heterocycles. The average Bonchev–Trinajstić information content (AvgIpc) is 2.75. The van der Waals surface area contributed by atoms with Gasteiger partial charge in [0.25, 0.3) is 0 Å². The summed E-state index contributed by atoms with van der Waals surface area (Å²) in [7, 11) is 0. The summed E-state index contributed by atoms with van der Waals surface area (Å²) < 4.78 is 51.1. The van der Waals surface area contributed by atoms with Crippen LogP contribution >= 0.6 is 0 Å². The summed E-state index contributed by atoms with van der Waals surface area (Å²) in [5.74, 6) is -0.645. The minimum Gasteiger partial charge on any atom is -0.316 e. The van der Waals surface area contributed by atoms with E-state index in [-0.39, 0.29) is 11.3 Å². The Labute approximate surface area is 102 Å². The molecule has 1 nitrogen and oxygen atoms in total. The quantitative estimate of drug-likeness (QED) is 0.763. The van der Waals surface area contributed by atoms with Crippen LogP contribution in [0.4, 0.5) is 17.6 Å². The second-order valence-electron chi connectivity index (χ2n) is 5.28. The maximum absolute atomic E-state index is 13.8. The molecule has 0 bridgehead atoms. The fourth-order valence-electron chi connectivity index (χ4n) is 3.01. The van der Waals surface area contributed by atoms with E-state index in [0.29, 0.717) is 11.6 Å². The Morgan fingerprint density at radius 3 is 2.61 bits per heavy atom. The van der Waals surface area contributed by atoms with Gasteiger partial charge in [0.2, 0.25) is 0 Å². The van der Waals surface area contributed by atoms with Gasteiger partial charge in [0.05, 0.1) is 5.56 Å². The van der Waals surface area contributed by atoms with Crippen LogP contribution in [0.2, 0.25) is 0 Å². The molecule has 1 spiro atoms. The van der Waals surface area contributed by atoms with Crippen molar-refractivity contribution in [1.29, 1.82) is 0 Å². The third kappa shape index (κ3) is 1.81. The van der Waals surface area contributed by atoms with Gasteiger partial charge < -0.3 is 5.32 Å². The van der Waals surface area contributed by atoms with Crippen molar-refractivity contribution in [3.63, 3.8) is 0 Å². The van der Waals surface area contributed by atoms with Crippen molar-refractivity contribution in [2.45, 2.75) is 24.9 Å². The van der Waals surface area contributed by atoms with Crippen LogP contribution in [0.5, 0.6) is 0 Å². The Balaban J connectivity index is 1.87. The maximum Gasteiger partial charge on any atom is 0.416 e. The molecule has 18 heavy (non-hydrogen) atoms. The number of nitrogens with one attached hydrogen (secondary N) is 1. The third-order valence-electron chi connectivity index (χ3n) is 4.17. The zero-order valence-corrected chi connectivity index (χ0v) is 9.65. The number of hydrogen-bond donors (Lipinski definition) is 1. The molecule has 2 aliphatic rings. The molecule has 1 heterocycles. The molecule has 1 aromatic rings. The number of halogens is 4. The van der Waals surface area contributed by atoms with E-state index in [1.165, 1.54) is 6.07 Å². The van der Waals surface area contributed by atoms with E-state index in [4.69, 9.17) is 0 Å². The molecule has 0 aromatic heterocycles. The van der Waals surface area contributed by atoms with Crippen molar-refractivity contribution in [3.8, 4) is 0 Å². The van der Waals surface area contributed by atoms with Gasteiger partial charge in [0.1, 0.15) is 5.82 Å². The lowest BCUT2D eigenvalue weighted by atomic mass is 9.97. The molecule has 1 aromatic carbocycles. The van der Waals surface area contributed by atoms with Crippen LogP contribution in [0, 0.1) is 11.2 Å². The van der Waals surface area contributed by atoms with Crippen molar-refractivity contribution in [3.05, 3.63) is 35.1 Å². The lowest BCUT2D eigenvalue weighted by molar-refractivity contribution is -0.137. The van der Waals surface area contributed by atoms with E-state index < -0.39 is 17.6 Å². The predicted molar refractivity (Wildman–Crippen MR) is 58.7 cm³/mol. The highest BCUT2D eigenvalue weighted by Gasteiger charge is 2.56. The number of hydrogen-bond acceptors (Lipinski definition) is 1. The summed E-state index contributed by atoms with van der Waals surface area (Å²) >= 11 is 0. The van der Waals surface area contributed by atoms with E-state index in [1.807, 2.05) is 0 Å². The summed E-state index contributed by atoms with van der Waals surface area (Å²) in [6, 6.07) is 2.90.